The summed E-state index contributed by atoms with van der Waals surface area (Å²) in [6, 6.07) is 0. The van der Waals surface area contributed by atoms with Gasteiger partial charge in [-0.25, -0.2) is 0 Å². The number of hydrogen-bond acceptors (Lipinski definition) is 3. The molecule has 0 unspecified atom stereocenters. The second kappa shape index (κ2) is 6.14. The molecule has 3 nitrogen and oxygen atoms in total. The minimum Gasteiger partial charge on any atom is -0.314 e. The predicted molar refractivity (Wildman–Crippen MR) is 49.2 cm³/mol. The number of carbonyl (C=O) groups is 1. The van der Waals surface area contributed by atoms with Gasteiger partial charge in [-0.3, -0.25) is 4.79 Å². The first-order valence-corrected chi connectivity index (χ1v) is 4.83. The second-order valence-corrected chi connectivity index (χ2v) is 3.25. The molecule has 2 aliphatic rings. The number of ketones is 1. The molecule has 2 N–H and O–H groups in total. The van der Waals surface area contributed by atoms with Crippen molar-refractivity contribution in [1.82, 2.24) is 10.6 Å². The van der Waals surface area contributed by atoms with Crippen LogP contribution in [0.4, 0.5) is 0 Å². The van der Waals surface area contributed by atoms with E-state index < -0.39 is 0 Å². The number of rotatable bonds is 0. The van der Waals surface area contributed by atoms with Crippen LogP contribution < -0.4 is 10.6 Å². The Morgan fingerprint density at radius 3 is 1.42 bits per heavy atom. The summed E-state index contributed by atoms with van der Waals surface area (Å²) < 4.78 is 0. The molecule has 1 saturated heterocycles. The van der Waals surface area contributed by atoms with Crippen molar-refractivity contribution >= 4 is 5.78 Å². The SMILES string of the molecule is C1CNCCN1.O=C1CCCC1. The minimum atomic E-state index is 0.454. The van der Waals surface area contributed by atoms with E-state index in [-0.39, 0.29) is 0 Å². The summed E-state index contributed by atoms with van der Waals surface area (Å²) in [6.07, 6.45) is 3.97. The Morgan fingerprint density at radius 2 is 1.25 bits per heavy atom. The fourth-order valence-electron chi connectivity index (χ4n) is 1.37. The monoisotopic (exact) mass is 170 g/mol. The number of hydrogen-bond donors (Lipinski definition) is 2. The van der Waals surface area contributed by atoms with Crippen molar-refractivity contribution in [2.45, 2.75) is 25.7 Å². The fourth-order valence-corrected chi connectivity index (χ4v) is 1.37. The Labute approximate surface area is 73.9 Å². The molecule has 1 heterocycles. The van der Waals surface area contributed by atoms with Crippen LogP contribution in [-0.2, 0) is 4.79 Å². The van der Waals surface area contributed by atoms with Gasteiger partial charge in [0, 0.05) is 39.0 Å². The molecule has 2 fully saturated rings. The van der Waals surface area contributed by atoms with Gasteiger partial charge in [-0.05, 0) is 12.8 Å². The molecule has 1 saturated carbocycles. The molecule has 0 spiro atoms. The minimum absolute atomic E-state index is 0.454. The third kappa shape index (κ3) is 4.46. The van der Waals surface area contributed by atoms with Crippen LogP contribution in [0.15, 0.2) is 0 Å². The zero-order valence-corrected chi connectivity index (χ0v) is 7.57. The van der Waals surface area contributed by atoms with Gasteiger partial charge in [0.05, 0.1) is 0 Å². The largest absolute Gasteiger partial charge is 0.314 e. The molecule has 2 rings (SSSR count). The lowest BCUT2D eigenvalue weighted by Crippen LogP contribution is -2.39. The summed E-state index contributed by atoms with van der Waals surface area (Å²) in [5, 5.41) is 6.44. The third-order valence-corrected chi connectivity index (χ3v) is 2.12. The van der Waals surface area contributed by atoms with Gasteiger partial charge in [0.2, 0.25) is 0 Å². The Bertz CT molecular complexity index is 113. The van der Waals surface area contributed by atoms with Crippen molar-refractivity contribution < 1.29 is 4.79 Å². The highest BCUT2D eigenvalue weighted by atomic mass is 16.1. The molecule has 0 aromatic carbocycles. The normalized spacial score (nSPS) is 23.2. The Balaban J connectivity index is 0.000000120. The molecule has 3 heteroatoms. The quantitative estimate of drug-likeness (QED) is 0.549. The van der Waals surface area contributed by atoms with E-state index >= 15 is 0 Å². The van der Waals surface area contributed by atoms with Crippen LogP contribution in [0.3, 0.4) is 0 Å². The summed E-state index contributed by atoms with van der Waals surface area (Å²) in [5.41, 5.74) is 0. The van der Waals surface area contributed by atoms with Crippen molar-refractivity contribution in [2.75, 3.05) is 26.2 Å². The van der Waals surface area contributed by atoms with E-state index in [0.717, 1.165) is 51.9 Å². The first-order valence-electron chi connectivity index (χ1n) is 4.83. The number of carbonyl (C=O) groups excluding carboxylic acids is 1. The van der Waals surface area contributed by atoms with E-state index in [4.69, 9.17) is 0 Å². The van der Waals surface area contributed by atoms with Gasteiger partial charge >= 0.3 is 0 Å². The van der Waals surface area contributed by atoms with Crippen molar-refractivity contribution in [3.05, 3.63) is 0 Å². The first-order chi connectivity index (χ1) is 5.89. The van der Waals surface area contributed by atoms with Crippen molar-refractivity contribution in [1.29, 1.82) is 0 Å². The standard InChI is InChI=1S/C5H8O.C4H10N2/c6-5-3-1-2-4-5;1-2-6-4-3-5-1/h1-4H2;5-6H,1-4H2. The van der Waals surface area contributed by atoms with Crippen LogP contribution in [0, 0.1) is 0 Å². The zero-order valence-electron chi connectivity index (χ0n) is 7.57. The Kier molecular flexibility index (Phi) is 4.95. The van der Waals surface area contributed by atoms with E-state index in [1.165, 1.54) is 0 Å². The summed E-state index contributed by atoms with van der Waals surface area (Å²) in [6.45, 7) is 4.56. The Morgan fingerprint density at radius 1 is 0.833 bits per heavy atom. The molecular weight excluding hydrogens is 152 g/mol. The van der Waals surface area contributed by atoms with Crippen LogP contribution in [0.25, 0.3) is 0 Å². The van der Waals surface area contributed by atoms with Crippen molar-refractivity contribution in [3.8, 4) is 0 Å². The summed E-state index contributed by atoms with van der Waals surface area (Å²) in [4.78, 5) is 10.2. The lowest BCUT2D eigenvalue weighted by Gasteiger charge is -2.11. The zero-order chi connectivity index (χ0) is 8.65. The van der Waals surface area contributed by atoms with Crippen LogP contribution in [0.5, 0.6) is 0 Å². The second-order valence-electron chi connectivity index (χ2n) is 3.25. The van der Waals surface area contributed by atoms with E-state index in [0.29, 0.717) is 5.78 Å². The molecule has 1 aliphatic heterocycles. The van der Waals surface area contributed by atoms with Gasteiger partial charge in [-0.15, -0.1) is 0 Å². The predicted octanol–water partition coefficient (Wildman–Crippen LogP) is 0.309. The lowest BCUT2D eigenvalue weighted by atomic mass is 10.4. The molecule has 0 aromatic rings. The molecule has 0 atom stereocenters. The average Bonchev–Trinajstić information content (AvgIpc) is 2.60. The highest BCUT2D eigenvalue weighted by Crippen LogP contribution is 2.11. The van der Waals surface area contributed by atoms with Crippen LogP contribution in [0.2, 0.25) is 0 Å². The molecular formula is C9H18N2O. The molecule has 0 bridgehead atoms. The van der Waals surface area contributed by atoms with Gasteiger partial charge in [-0.2, -0.15) is 0 Å². The van der Waals surface area contributed by atoms with Gasteiger partial charge in [0.25, 0.3) is 0 Å². The molecule has 0 aromatic heterocycles. The Hall–Kier alpha value is -0.410. The maximum Gasteiger partial charge on any atom is 0.132 e. The highest BCUT2D eigenvalue weighted by Gasteiger charge is 2.07. The van der Waals surface area contributed by atoms with Gasteiger partial charge in [-0.1, -0.05) is 0 Å². The van der Waals surface area contributed by atoms with E-state index in [9.17, 15) is 4.79 Å². The number of nitrogens with one attached hydrogen (secondary N) is 2. The van der Waals surface area contributed by atoms with Gasteiger partial charge in [0.1, 0.15) is 5.78 Å². The number of piperazine rings is 1. The maximum atomic E-state index is 10.2. The average molecular weight is 170 g/mol. The third-order valence-electron chi connectivity index (χ3n) is 2.12. The van der Waals surface area contributed by atoms with Gasteiger partial charge < -0.3 is 10.6 Å². The topological polar surface area (TPSA) is 41.1 Å². The fraction of sp³-hybridized carbons (Fsp3) is 0.889. The molecule has 0 radical (unpaired) electrons. The number of Topliss-reactive ketones (excluding diaryl/α,β-unsaturated/α-hetero) is 1. The van der Waals surface area contributed by atoms with Crippen LogP contribution in [0.1, 0.15) is 25.7 Å². The van der Waals surface area contributed by atoms with Gasteiger partial charge in [0.15, 0.2) is 0 Å². The van der Waals surface area contributed by atoms with Crippen LogP contribution in [-0.4, -0.2) is 32.0 Å². The van der Waals surface area contributed by atoms with Crippen LogP contribution >= 0.6 is 0 Å². The lowest BCUT2D eigenvalue weighted by molar-refractivity contribution is -0.117. The smallest absolute Gasteiger partial charge is 0.132 e. The highest BCUT2D eigenvalue weighted by molar-refractivity contribution is 5.79. The van der Waals surface area contributed by atoms with E-state index in [1.54, 1.807) is 0 Å². The summed E-state index contributed by atoms with van der Waals surface area (Å²) in [7, 11) is 0. The molecule has 1 aliphatic carbocycles. The summed E-state index contributed by atoms with van der Waals surface area (Å²) >= 11 is 0. The molecule has 0 amide bonds. The summed E-state index contributed by atoms with van der Waals surface area (Å²) in [5.74, 6) is 0.454. The first kappa shape index (κ1) is 9.68. The van der Waals surface area contributed by atoms with Crippen molar-refractivity contribution in [2.24, 2.45) is 0 Å². The van der Waals surface area contributed by atoms with E-state index in [1.807, 2.05) is 0 Å². The molecule has 70 valence electrons. The molecule has 12 heavy (non-hydrogen) atoms. The van der Waals surface area contributed by atoms with Crippen molar-refractivity contribution in [3.63, 3.8) is 0 Å². The van der Waals surface area contributed by atoms with E-state index in [2.05, 4.69) is 10.6 Å². The maximum absolute atomic E-state index is 10.2.